The summed E-state index contributed by atoms with van der Waals surface area (Å²) in [6.07, 6.45) is -1.71. The van der Waals surface area contributed by atoms with Crippen molar-refractivity contribution in [3.63, 3.8) is 0 Å². The second-order valence-electron chi connectivity index (χ2n) is 11.8. The van der Waals surface area contributed by atoms with E-state index in [1.54, 1.807) is 20.8 Å². The number of halogens is 9. The zero-order chi connectivity index (χ0) is 41.0. The topological polar surface area (TPSA) is 159 Å². The maximum Gasteiger partial charge on any atom is 0.502 e. The highest BCUT2D eigenvalue weighted by Gasteiger charge is 2.60. The predicted molar refractivity (Wildman–Crippen MR) is 167 cm³/mol. The van der Waals surface area contributed by atoms with Gasteiger partial charge in [-0.1, -0.05) is 6.07 Å². The van der Waals surface area contributed by atoms with Gasteiger partial charge >= 0.3 is 16.5 Å². The summed E-state index contributed by atoms with van der Waals surface area (Å²) < 4.78 is 206. The van der Waals surface area contributed by atoms with Crippen molar-refractivity contribution in [3.05, 3.63) is 84.3 Å². The zero-order valence-corrected chi connectivity index (χ0v) is 29.4. The summed E-state index contributed by atoms with van der Waals surface area (Å²) in [7, 11) is -22.8. The van der Waals surface area contributed by atoms with Crippen molar-refractivity contribution in [2.75, 3.05) is 0 Å². The van der Waals surface area contributed by atoms with Gasteiger partial charge in [0, 0.05) is 5.22 Å². The zero-order valence-electron chi connectivity index (χ0n) is 26.9. The lowest BCUT2D eigenvalue weighted by molar-refractivity contribution is -0.0465. The van der Waals surface area contributed by atoms with Gasteiger partial charge in [0.15, 0.2) is 0 Å². The van der Waals surface area contributed by atoms with E-state index in [1.165, 1.54) is 18.2 Å². The highest BCUT2D eigenvalue weighted by atomic mass is 32.2. The fourth-order valence-electron chi connectivity index (χ4n) is 6.69. The summed E-state index contributed by atoms with van der Waals surface area (Å²) in [4.78, 5) is -3.28. The van der Waals surface area contributed by atoms with E-state index < -0.39 is 117 Å². The molecule has 22 heteroatoms. The standard InChI is InChI=1S/C32H15F9N4O6S3/c1-12-6-16-15(14(3)13(12)2)7-19-24(21(10-42)44-4)20-8-18-17(26(20)27(25(16)19)22(11-43)45-5)9-23(52(46,47)30(33,34)35)29(54(50,51)32(39,40)41)28(18)53(48,49)31(36,37)38/h6,9H,7-8H2,1-3H3/b24-21+,27-22+. The number of hydrogen-bond acceptors (Lipinski definition) is 8. The Morgan fingerprint density at radius 1 is 0.611 bits per heavy atom. The van der Waals surface area contributed by atoms with Crippen LogP contribution in [-0.2, 0) is 42.4 Å². The fraction of sp³-hybridized carbons (Fsp3) is 0.250. The lowest BCUT2D eigenvalue weighted by atomic mass is 9.89. The molecule has 0 heterocycles. The van der Waals surface area contributed by atoms with Gasteiger partial charge in [0.1, 0.15) is 9.79 Å². The predicted octanol–water partition coefficient (Wildman–Crippen LogP) is 5.74. The highest BCUT2D eigenvalue weighted by Crippen LogP contribution is 2.52. The molecule has 0 aliphatic heterocycles. The lowest BCUT2D eigenvalue weighted by Gasteiger charge is -2.22. The van der Waals surface area contributed by atoms with Crippen LogP contribution in [0.25, 0.3) is 43.3 Å². The Hall–Kier alpha value is -5.42. The lowest BCUT2D eigenvalue weighted by Crippen LogP contribution is -2.34. The highest BCUT2D eigenvalue weighted by molar-refractivity contribution is 7.97. The van der Waals surface area contributed by atoms with E-state index in [0.717, 1.165) is 0 Å². The summed E-state index contributed by atoms with van der Waals surface area (Å²) in [5.41, 5.74) is -24.7. The number of alkyl halides is 9. The molecule has 54 heavy (non-hydrogen) atoms. The van der Waals surface area contributed by atoms with E-state index >= 15 is 0 Å². The van der Waals surface area contributed by atoms with E-state index in [1.807, 2.05) is 0 Å². The van der Waals surface area contributed by atoms with Crippen molar-refractivity contribution in [2.45, 2.75) is 64.8 Å². The van der Waals surface area contributed by atoms with E-state index in [-0.39, 0.29) is 23.1 Å². The first-order valence-corrected chi connectivity index (χ1v) is 18.8. The summed E-state index contributed by atoms with van der Waals surface area (Å²) >= 11 is 0. The third-order valence-corrected chi connectivity index (χ3v) is 14.1. The Kier molecular flexibility index (Phi) is 8.87. The van der Waals surface area contributed by atoms with Crippen molar-refractivity contribution in [1.29, 1.82) is 10.5 Å². The molecule has 0 atom stereocenters. The largest absolute Gasteiger partial charge is 0.502 e. The first-order chi connectivity index (χ1) is 24.6. The molecule has 0 spiro atoms. The van der Waals surface area contributed by atoms with E-state index in [4.69, 9.17) is 13.1 Å². The van der Waals surface area contributed by atoms with E-state index in [0.29, 0.717) is 22.3 Å². The Bertz CT molecular complexity index is 2930. The number of sulfone groups is 3. The third-order valence-electron chi connectivity index (χ3n) is 9.20. The third kappa shape index (κ3) is 5.26. The minimum Gasteiger partial charge on any atom is -0.226 e. The molecule has 0 bridgehead atoms. The molecule has 2 aliphatic carbocycles. The van der Waals surface area contributed by atoms with E-state index in [9.17, 15) is 75.3 Å². The van der Waals surface area contributed by atoms with Gasteiger partial charge in [-0.2, -0.15) is 39.5 Å². The quantitative estimate of drug-likeness (QED) is 0.165. The summed E-state index contributed by atoms with van der Waals surface area (Å²) in [6.45, 7) is 20.4. The molecular formula is C32H15F9N4O6S3. The fourth-order valence-corrected chi connectivity index (χ4v) is 11.0. The van der Waals surface area contributed by atoms with Crippen LogP contribution in [0.1, 0.15) is 38.9 Å². The van der Waals surface area contributed by atoms with Gasteiger partial charge in [0.25, 0.3) is 40.9 Å². The summed E-state index contributed by atoms with van der Waals surface area (Å²) in [5.74, 6) is 0. The summed E-state index contributed by atoms with van der Waals surface area (Å²) in [6, 6.07) is 4.09. The number of benzene rings is 3. The average Bonchev–Trinajstić information content (AvgIpc) is 3.61. The molecule has 0 saturated heterocycles. The van der Waals surface area contributed by atoms with Gasteiger partial charge in [0.05, 0.1) is 30.2 Å². The van der Waals surface area contributed by atoms with Crippen molar-refractivity contribution in [3.8, 4) is 34.4 Å². The molecule has 2 aliphatic rings. The molecule has 10 nitrogen and oxygen atoms in total. The minimum atomic E-state index is -7.74. The van der Waals surface area contributed by atoms with Gasteiger partial charge in [-0.05, 0) is 106 Å². The van der Waals surface area contributed by atoms with Gasteiger partial charge in [0.2, 0.25) is 0 Å². The first kappa shape index (κ1) is 39.8. The molecule has 0 amide bonds. The van der Waals surface area contributed by atoms with Crippen molar-refractivity contribution < 1.29 is 64.8 Å². The Labute approximate surface area is 299 Å². The maximum atomic E-state index is 14.3. The molecular weight excluding hydrogens is 804 g/mol. The first-order valence-electron chi connectivity index (χ1n) is 14.3. The summed E-state index contributed by atoms with van der Waals surface area (Å²) in [5, 5.41) is 18.9. The molecule has 280 valence electrons. The van der Waals surface area contributed by atoms with Crippen molar-refractivity contribution in [2.24, 2.45) is 0 Å². The molecule has 3 aromatic carbocycles. The van der Waals surface area contributed by atoms with Crippen molar-refractivity contribution >= 4 is 40.9 Å². The SMILES string of the molecule is [C-]#[N+]/C(C#N)=c1\c2c(/c(=C(/C#N)[N+]#[C-])c3c1Cc1c-3cc(S(=O)(=O)C(F)(F)F)c(S(=O)(=O)C(F)(F)F)c1S(=O)(=O)C(F)(F)F)-c1cc(C)c(C)c(C)c1C2. The molecule has 0 radical (unpaired) electrons. The number of hydrogen-bond donors (Lipinski definition) is 0. The van der Waals surface area contributed by atoms with Crippen LogP contribution in [0.3, 0.4) is 0 Å². The molecule has 0 saturated carbocycles. The van der Waals surface area contributed by atoms with Gasteiger partial charge in [-0.15, -0.1) is 0 Å². The monoisotopic (exact) mass is 818 g/mol. The van der Waals surface area contributed by atoms with E-state index in [2.05, 4.69) is 9.69 Å². The second-order valence-corrected chi connectivity index (χ2v) is 17.5. The van der Waals surface area contributed by atoms with Crippen molar-refractivity contribution in [1.82, 2.24) is 0 Å². The molecule has 0 aromatic heterocycles. The van der Waals surface area contributed by atoms with Crippen LogP contribution in [-0.4, -0.2) is 41.8 Å². The minimum absolute atomic E-state index is 0.0740. The van der Waals surface area contributed by atoms with Gasteiger partial charge in [-0.3, -0.25) is 0 Å². The normalized spacial score (nSPS) is 15.1. The Morgan fingerprint density at radius 2 is 1.02 bits per heavy atom. The van der Waals surface area contributed by atoms with Crippen LogP contribution in [0.2, 0.25) is 0 Å². The van der Waals surface area contributed by atoms with Crippen LogP contribution < -0.4 is 10.4 Å². The molecule has 3 aromatic rings. The Balaban J connectivity index is 2.31. The van der Waals surface area contributed by atoms with Crippen LogP contribution in [0, 0.1) is 56.6 Å². The van der Waals surface area contributed by atoms with Gasteiger partial charge < -0.3 is 0 Å². The number of nitrogens with zero attached hydrogens (tertiary/aromatic N) is 4. The van der Waals surface area contributed by atoms with Crippen LogP contribution in [0.4, 0.5) is 39.5 Å². The maximum absolute atomic E-state index is 14.3. The number of fused-ring (bicyclic) bond motifs is 6. The van der Waals surface area contributed by atoms with Crippen LogP contribution >= 0.6 is 0 Å². The molecule has 5 rings (SSSR count). The van der Waals surface area contributed by atoms with Crippen LogP contribution in [0.5, 0.6) is 0 Å². The molecule has 0 N–H and O–H groups in total. The average molecular weight is 819 g/mol. The molecule has 0 fully saturated rings. The Morgan fingerprint density at radius 3 is 1.44 bits per heavy atom. The van der Waals surface area contributed by atoms with Crippen LogP contribution in [0.15, 0.2) is 26.8 Å². The van der Waals surface area contributed by atoms with Gasteiger partial charge in [-0.25, -0.2) is 45.5 Å². The smallest absolute Gasteiger partial charge is 0.226 e. The number of rotatable bonds is 3. The number of nitriles is 2. The molecule has 0 unspecified atom stereocenters. The number of aryl methyl sites for hydroxylation is 1. The second kappa shape index (κ2) is 12.0.